The Morgan fingerprint density at radius 1 is 1.04 bits per heavy atom. The molecule has 5 heteroatoms. The molecule has 1 amide bonds. The van der Waals surface area contributed by atoms with E-state index in [0.717, 1.165) is 12.0 Å². The maximum Gasteiger partial charge on any atom is 0.340 e. The van der Waals surface area contributed by atoms with Crippen molar-refractivity contribution in [1.82, 2.24) is 0 Å². The van der Waals surface area contributed by atoms with Crippen molar-refractivity contribution in [3.8, 4) is 5.75 Å². The van der Waals surface area contributed by atoms with Gasteiger partial charge in [0, 0.05) is 0 Å². The van der Waals surface area contributed by atoms with Crippen LogP contribution in [0.2, 0.25) is 0 Å². The number of amides is 1. The molecular formula is C19H21NO4. The van der Waals surface area contributed by atoms with E-state index in [1.54, 1.807) is 37.3 Å². The Balaban J connectivity index is 1.98. The summed E-state index contributed by atoms with van der Waals surface area (Å²) in [5.41, 5.74) is 1.87. The van der Waals surface area contributed by atoms with E-state index in [4.69, 9.17) is 9.47 Å². The molecule has 0 aromatic heterocycles. The molecule has 0 aliphatic carbocycles. The van der Waals surface area contributed by atoms with Gasteiger partial charge in [-0.15, -0.1) is 0 Å². The first-order valence-corrected chi connectivity index (χ1v) is 7.91. The molecule has 2 aromatic carbocycles. The van der Waals surface area contributed by atoms with Gasteiger partial charge in [-0.25, -0.2) is 4.79 Å². The van der Waals surface area contributed by atoms with E-state index in [2.05, 4.69) is 12.2 Å². The van der Waals surface area contributed by atoms with E-state index in [1.165, 1.54) is 0 Å². The molecule has 0 saturated heterocycles. The SMILES string of the molecule is CCOC(=O)c1ccccc1NC(=O)COc1cccc(CC)c1. The molecule has 126 valence electrons. The van der Waals surface area contributed by atoms with Gasteiger partial charge in [-0.1, -0.05) is 31.2 Å². The average Bonchev–Trinajstić information content (AvgIpc) is 2.61. The Hall–Kier alpha value is -2.82. The molecule has 0 unspecified atom stereocenters. The fraction of sp³-hybridized carbons (Fsp3) is 0.263. The first kappa shape index (κ1) is 17.5. The summed E-state index contributed by atoms with van der Waals surface area (Å²) < 4.78 is 10.5. The third-order valence-corrected chi connectivity index (χ3v) is 3.37. The van der Waals surface area contributed by atoms with Crippen LogP contribution in [-0.4, -0.2) is 25.1 Å². The molecule has 0 aliphatic heterocycles. The zero-order valence-electron chi connectivity index (χ0n) is 13.9. The number of rotatable bonds is 7. The Bertz CT molecular complexity index is 712. The predicted molar refractivity (Wildman–Crippen MR) is 92.3 cm³/mol. The molecule has 0 radical (unpaired) electrons. The summed E-state index contributed by atoms with van der Waals surface area (Å²) in [7, 11) is 0. The zero-order valence-corrected chi connectivity index (χ0v) is 13.9. The van der Waals surface area contributed by atoms with E-state index in [-0.39, 0.29) is 19.1 Å². The maximum atomic E-state index is 12.1. The molecule has 5 nitrogen and oxygen atoms in total. The van der Waals surface area contributed by atoms with E-state index in [1.807, 2.05) is 18.2 Å². The monoisotopic (exact) mass is 327 g/mol. The molecule has 0 bridgehead atoms. The quantitative estimate of drug-likeness (QED) is 0.791. The van der Waals surface area contributed by atoms with Gasteiger partial charge in [0.25, 0.3) is 5.91 Å². The van der Waals surface area contributed by atoms with Crippen LogP contribution in [0.1, 0.15) is 29.8 Å². The number of hydrogen-bond acceptors (Lipinski definition) is 4. The van der Waals surface area contributed by atoms with Crippen LogP contribution < -0.4 is 10.1 Å². The van der Waals surface area contributed by atoms with Gasteiger partial charge in [-0.2, -0.15) is 0 Å². The first-order valence-electron chi connectivity index (χ1n) is 7.91. The predicted octanol–water partition coefficient (Wildman–Crippen LogP) is 3.44. The molecule has 1 N–H and O–H groups in total. The highest BCUT2D eigenvalue weighted by atomic mass is 16.5. The number of benzene rings is 2. The smallest absolute Gasteiger partial charge is 0.340 e. The minimum atomic E-state index is -0.468. The zero-order chi connectivity index (χ0) is 17.4. The lowest BCUT2D eigenvalue weighted by Gasteiger charge is -2.11. The molecule has 0 atom stereocenters. The number of anilines is 1. The fourth-order valence-corrected chi connectivity index (χ4v) is 2.17. The van der Waals surface area contributed by atoms with E-state index in [0.29, 0.717) is 17.0 Å². The molecule has 0 spiro atoms. The summed E-state index contributed by atoms with van der Waals surface area (Å²) >= 11 is 0. The topological polar surface area (TPSA) is 64.6 Å². The van der Waals surface area contributed by atoms with Crippen LogP contribution >= 0.6 is 0 Å². The number of hydrogen-bond donors (Lipinski definition) is 1. The molecule has 24 heavy (non-hydrogen) atoms. The van der Waals surface area contributed by atoms with Crippen molar-refractivity contribution in [1.29, 1.82) is 0 Å². The highest BCUT2D eigenvalue weighted by Gasteiger charge is 2.14. The first-order chi connectivity index (χ1) is 11.6. The van der Waals surface area contributed by atoms with Crippen molar-refractivity contribution in [2.45, 2.75) is 20.3 Å². The maximum absolute atomic E-state index is 12.1. The minimum Gasteiger partial charge on any atom is -0.484 e. The number of carbonyl (C=O) groups excluding carboxylic acids is 2. The van der Waals surface area contributed by atoms with E-state index < -0.39 is 5.97 Å². The van der Waals surface area contributed by atoms with Gasteiger partial charge in [0.15, 0.2) is 6.61 Å². The molecule has 2 rings (SSSR count). The highest BCUT2D eigenvalue weighted by molar-refractivity contribution is 6.01. The normalized spacial score (nSPS) is 10.1. The van der Waals surface area contributed by atoms with Crippen LogP contribution in [-0.2, 0) is 16.0 Å². The van der Waals surface area contributed by atoms with Crippen molar-refractivity contribution in [3.63, 3.8) is 0 Å². The molecule has 0 heterocycles. The van der Waals surface area contributed by atoms with Crippen LogP contribution in [0.3, 0.4) is 0 Å². The summed E-state index contributed by atoms with van der Waals surface area (Å²) in [6.07, 6.45) is 0.899. The van der Waals surface area contributed by atoms with Gasteiger partial charge >= 0.3 is 5.97 Å². The number of nitrogens with one attached hydrogen (secondary N) is 1. The Morgan fingerprint density at radius 3 is 2.58 bits per heavy atom. The van der Waals surface area contributed by atoms with E-state index >= 15 is 0 Å². The molecule has 0 aliphatic rings. The minimum absolute atomic E-state index is 0.135. The summed E-state index contributed by atoms with van der Waals surface area (Å²) in [5.74, 6) is -0.165. The van der Waals surface area contributed by atoms with Crippen molar-refractivity contribution in [2.75, 3.05) is 18.5 Å². The summed E-state index contributed by atoms with van der Waals surface area (Å²) in [6.45, 7) is 3.93. The van der Waals surface area contributed by atoms with Gasteiger partial charge < -0.3 is 14.8 Å². The van der Waals surface area contributed by atoms with Crippen LogP contribution in [0.5, 0.6) is 5.75 Å². The van der Waals surface area contributed by atoms with Crippen LogP contribution in [0.25, 0.3) is 0 Å². The Labute approximate surface area is 141 Å². The van der Waals surface area contributed by atoms with Crippen molar-refractivity contribution in [2.24, 2.45) is 0 Å². The summed E-state index contributed by atoms with van der Waals surface area (Å²) in [5, 5.41) is 2.68. The molecule has 0 saturated carbocycles. The largest absolute Gasteiger partial charge is 0.484 e. The summed E-state index contributed by atoms with van der Waals surface area (Å²) in [6, 6.07) is 14.3. The third-order valence-electron chi connectivity index (χ3n) is 3.37. The third kappa shape index (κ3) is 4.84. The second-order valence-electron chi connectivity index (χ2n) is 5.10. The second-order valence-corrected chi connectivity index (χ2v) is 5.10. The Morgan fingerprint density at radius 2 is 1.83 bits per heavy atom. The molecular weight excluding hydrogens is 306 g/mol. The van der Waals surface area contributed by atoms with Crippen molar-refractivity contribution < 1.29 is 19.1 Å². The van der Waals surface area contributed by atoms with Crippen molar-refractivity contribution >= 4 is 17.6 Å². The van der Waals surface area contributed by atoms with E-state index in [9.17, 15) is 9.59 Å². The van der Waals surface area contributed by atoms with Gasteiger partial charge in [-0.3, -0.25) is 4.79 Å². The average molecular weight is 327 g/mol. The van der Waals surface area contributed by atoms with Gasteiger partial charge in [-0.05, 0) is 43.2 Å². The lowest BCUT2D eigenvalue weighted by molar-refractivity contribution is -0.118. The molecule has 2 aromatic rings. The molecule has 0 fully saturated rings. The van der Waals surface area contributed by atoms with Crippen molar-refractivity contribution in [3.05, 3.63) is 59.7 Å². The lowest BCUT2D eigenvalue weighted by Crippen LogP contribution is -2.22. The second kappa shape index (κ2) is 8.72. The highest BCUT2D eigenvalue weighted by Crippen LogP contribution is 2.17. The van der Waals surface area contributed by atoms with Crippen LogP contribution in [0.4, 0.5) is 5.69 Å². The number of carbonyl (C=O) groups is 2. The van der Waals surface area contributed by atoms with Crippen LogP contribution in [0, 0.1) is 0 Å². The standard InChI is InChI=1S/C19H21NO4/c1-3-14-8-7-9-15(12-14)24-13-18(21)20-17-11-6-5-10-16(17)19(22)23-4-2/h5-12H,3-4,13H2,1-2H3,(H,20,21). The fourth-order valence-electron chi connectivity index (χ4n) is 2.17. The van der Waals surface area contributed by atoms with Gasteiger partial charge in [0.05, 0.1) is 17.9 Å². The summed E-state index contributed by atoms with van der Waals surface area (Å²) in [4.78, 5) is 24.0. The Kier molecular flexibility index (Phi) is 6.37. The van der Waals surface area contributed by atoms with Gasteiger partial charge in [0.2, 0.25) is 0 Å². The number of ether oxygens (including phenoxy) is 2. The van der Waals surface area contributed by atoms with Gasteiger partial charge in [0.1, 0.15) is 5.75 Å². The lowest BCUT2D eigenvalue weighted by atomic mass is 10.1. The number of aryl methyl sites for hydroxylation is 1. The number of para-hydroxylation sites is 1. The van der Waals surface area contributed by atoms with Crippen LogP contribution in [0.15, 0.2) is 48.5 Å². The number of esters is 1.